The summed E-state index contributed by atoms with van der Waals surface area (Å²) >= 11 is 0. The summed E-state index contributed by atoms with van der Waals surface area (Å²) in [7, 11) is 0. The van der Waals surface area contributed by atoms with Gasteiger partial charge in [0, 0.05) is 12.5 Å². The van der Waals surface area contributed by atoms with Crippen molar-refractivity contribution in [2.75, 3.05) is 19.7 Å². The summed E-state index contributed by atoms with van der Waals surface area (Å²) in [4.78, 5) is 21.4. The topological polar surface area (TPSA) is 58.2 Å². The van der Waals surface area contributed by atoms with Crippen LogP contribution in [0.5, 0.6) is 0 Å². The summed E-state index contributed by atoms with van der Waals surface area (Å²) in [5.41, 5.74) is 2.41. The Morgan fingerprint density at radius 3 is 3.35 bits per heavy atom. The highest BCUT2D eigenvalue weighted by Crippen LogP contribution is 2.44. The third-order valence-corrected chi connectivity index (χ3v) is 3.74. The minimum Gasteiger partial charge on any atom is -0.465 e. The average molecular weight is 235 g/mol. The van der Waals surface area contributed by atoms with Gasteiger partial charge in [0.05, 0.1) is 36.9 Å². The fraction of sp³-hybridized carbons (Fsp3) is 0.667. The SMILES string of the molecule is CCOC(=O)CN1CC2CCC1c1[nH]cnc12. The first kappa shape index (κ1) is 10.8. The Bertz CT molecular complexity index is 429. The second kappa shape index (κ2) is 4.14. The lowest BCUT2D eigenvalue weighted by molar-refractivity contribution is -0.145. The molecule has 2 atom stereocenters. The molecule has 5 nitrogen and oxygen atoms in total. The van der Waals surface area contributed by atoms with Gasteiger partial charge in [-0.2, -0.15) is 0 Å². The number of carbonyl (C=O) groups is 1. The van der Waals surface area contributed by atoms with Gasteiger partial charge >= 0.3 is 5.97 Å². The molecule has 1 saturated heterocycles. The molecule has 0 aromatic carbocycles. The molecule has 1 fully saturated rings. The minimum atomic E-state index is -0.124. The number of imidazole rings is 1. The highest BCUT2D eigenvalue weighted by molar-refractivity contribution is 5.71. The summed E-state index contributed by atoms with van der Waals surface area (Å²) in [5.74, 6) is 0.358. The molecular weight excluding hydrogens is 218 g/mol. The van der Waals surface area contributed by atoms with Gasteiger partial charge in [-0.3, -0.25) is 9.69 Å². The number of aromatic amines is 1. The van der Waals surface area contributed by atoms with Crippen molar-refractivity contribution < 1.29 is 9.53 Å². The van der Waals surface area contributed by atoms with E-state index in [4.69, 9.17) is 4.74 Å². The normalized spacial score (nSPS) is 26.9. The van der Waals surface area contributed by atoms with E-state index < -0.39 is 0 Å². The monoisotopic (exact) mass is 235 g/mol. The molecule has 1 aliphatic carbocycles. The first-order valence-corrected chi connectivity index (χ1v) is 6.22. The zero-order valence-corrected chi connectivity index (χ0v) is 9.98. The van der Waals surface area contributed by atoms with Gasteiger partial charge in [-0.15, -0.1) is 0 Å². The molecule has 5 heteroatoms. The van der Waals surface area contributed by atoms with Gasteiger partial charge < -0.3 is 9.72 Å². The van der Waals surface area contributed by atoms with Gasteiger partial charge in [0.1, 0.15) is 0 Å². The van der Waals surface area contributed by atoms with Crippen LogP contribution in [-0.2, 0) is 9.53 Å². The molecule has 1 aromatic rings. The molecule has 0 spiro atoms. The Hall–Kier alpha value is -1.36. The lowest BCUT2D eigenvalue weighted by Gasteiger charge is -2.43. The third kappa shape index (κ3) is 1.74. The maximum absolute atomic E-state index is 11.5. The molecule has 3 aliphatic rings. The molecule has 4 rings (SSSR count). The molecule has 2 bridgehead atoms. The van der Waals surface area contributed by atoms with Crippen molar-refractivity contribution in [1.29, 1.82) is 0 Å². The van der Waals surface area contributed by atoms with Crippen LogP contribution in [0.25, 0.3) is 0 Å². The Balaban J connectivity index is 1.76. The molecule has 0 amide bonds. The Morgan fingerprint density at radius 2 is 2.53 bits per heavy atom. The van der Waals surface area contributed by atoms with Crippen LogP contribution < -0.4 is 0 Å². The van der Waals surface area contributed by atoms with E-state index in [1.54, 1.807) is 6.33 Å². The number of fused-ring (bicyclic) bond motifs is 2. The first-order valence-electron chi connectivity index (χ1n) is 6.22. The molecule has 92 valence electrons. The van der Waals surface area contributed by atoms with E-state index in [1.165, 1.54) is 17.8 Å². The highest BCUT2D eigenvalue weighted by atomic mass is 16.5. The zero-order valence-electron chi connectivity index (χ0n) is 9.98. The highest BCUT2D eigenvalue weighted by Gasteiger charge is 2.40. The van der Waals surface area contributed by atoms with Crippen LogP contribution in [0.3, 0.4) is 0 Å². The van der Waals surface area contributed by atoms with Gasteiger partial charge in [-0.05, 0) is 19.8 Å². The quantitative estimate of drug-likeness (QED) is 0.800. The predicted molar refractivity (Wildman–Crippen MR) is 61.5 cm³/mol. The predicted octanol–water partition coefficient (Wildman–Crippen LogP) is 1.21. The van der Waals surface area contributed by atoms with Crippen LogP contribution >= 0.6 is 0 Å². The van der Waals surface area contributed by atoms with Gasteiger partial charge in [0.2, 0.25) is 0 Å². The molecule has 17 heavy (non-hydrogen) atoms. The van der Waals surface area contributed by atoms with E-state index in [0.717, 1.165) is 13.0 Å². The number of esters is 1. The lowest BCUT2D eigenvalue weighted by Crippen LogP contribution is -2.45. The smallest absolute Gasteiger partial charge is 0.320 e. The number of hydrogen-bond acceptors (Lipinski definition) is 4. The van der Waals surface area contributed by atoms with Crippen molar-refractivity contribution in [2.24, 2.45) is 0 Å². The van der Waals surface area contributed by atoms with E-state index >= 15 is 0 Å². The van der Waals surface area contributed by atoms with Crippen molar-refractivity contribution >= 4 is 5.97 Å². The summed E-state index contributed by atoms with van der Waals surface area (Å²) in [5, 5.41) is 0. The lowest BCUT2D eigenvalue weighted by atomic mass is 9.80. The van der Waals surface area contributed by atoms with E-state index in [1.807, 2.05) is 6.92 Å². The van der Waals surface area contributed by atoms with Crippen molar-refractivity contribution in [3.05, 3.63) is 17.7 Å². The van der Waals surface area contributed by atoms with Gasteiger partial charge in [0.15, 0.2) is 0 Å². The van der Waals surface area contributed by atoms with Crippen molar-refractivity contribution in [3.63, 3.8) is 0 Å². The molecule has 0 radical (unpaired) electrons. The van der Waals surface area contributed by atoms with E-state index in [0.29, 0.717) is 25.1 Å². The third-order valence-electron chi connectivity index (χ3n) is 3.74. The number of H-pyrrole nitrogens is 1. The van der Waals surface area contributed by atoms with Crippen molar-refractivity contribution in [2.45, 2.75) is 31.7 Å². The summed E-state index contributed by atoms with van der Waals surface area (Å²) in [6.07, 6.45) is 4.06. The van der Waals surface area contributed by atoms with Crippen LogP contribution in [0.4, 0.5) is 0 Å². The largest absolute Gasteiger partial charge is 0.465 e. The van der Waals surface area contributed by atoms with Gasteiger partial charge in [-0.1, -0.05) is 0 Å². The molecule has 1 aromatic heterocycles. The molecule has 2 unspecified atom stereocenters. The van der Waals surface area contributed by atoms with Crippen LogP contribution in [0.1, 0.15) is 43.1 Å². The number of ether oxygens (including phenoxy) is 1. The zero-order chi connectivity index (χ0) is 11.8. The van der Waals surface area contributed by atoms with Gasteiger partial charge in [-0.25, -0.2) is 4.98 Å². The second-order valence-electron chi connectivity index (χ2n) is 4.73. The van der Waals surface area contributed by atoms with Crippen LogP contribution in [-0.4, -0.2) is 40.5 Å². The van der Waals surface area contributed by atoms with Crippen LogP contribution in [0.15, 0.2) is 6.33 Å². The Labute approximate surface area is 100 Å². The number of nitrogens with zero attached hydrogens (tertiary/aromatic N) is 2. The summed E-state index contributed by atoms with van der Waals surface area (Å²) < 4.78 is 5.02. The Kier molecular flexibility index (Phi) is 2.63. The second-order valence-corrected chi connectivity index (χ2v) is 4.73. The summed E-state index contributed by atoms with van der Waals surface area (Å²) in [6.45, 7) is 3.62. The van der Waals surface area contributed by atoms with Crippen LogP contribution in [0, 0.1) is 0 Å². The van der Waals surface area contributed by atoms with E-state index in [9.17, 15) is 4.79 Å². The van der Waals surface area contributed by atoms with E-state index in [-0.39, 0.29) is 5.97 Å². The molecule has 1 N–H and O–H groups in total. The number of carbonyl (C=O) groups excluding carboxylic acids is 1. The van der Waals surface area contributed by atoms with Crippen molar-refractivity contribution in [1.82, 2.24) is 14.9 Å². The number of rotatable bonds is 3. The van der Waals surface area contributed by atoms with Gasteiger partial charge in [0.25, 0.3) is 0 Å². The van der Waals surface area contributed by atoms with Crippen molar-refractivity contribution in [3.8, 4) is 0 Å². The van der Waals surface area contributed by atoms with E-state index in [2.05, 4.69) is 14.9 Å². The standard InChI is InChI=1S/C12H17N3O2/c1-2-17-10(16)6-15-5-8-3-4-9(15)12-11(8)13-7-14-12/h7-9H,2-6H2,1H3,(H,13,14). The molecule has 0 saturated carbocycles. The maximum atomic E-state index is 11.5. The fourth-order valence-electron chi connectivity index (χ4n) is 3.05. The summed E-state index contributed by atoms with van der Waals surface area (Å²) in [6, 6.07) is 0.321. The average Bonchev–Trinajstić information content (AvgIpc) is 2.80. The number of piperidine rings is 1. The number of nitrogens with one attached hydrogen (secondary N) is 1. The first-order chi connectivity index (χ1) is 8.29. The number of hydrogen-bond donors (Lipinski definition) is 1. The molecule has 3 heterocycles. The minimum absolute atomic E-state index is 0.124. The maximum Gasteiger partial charge on any atom is 0.320 e. The molecular formula is C12H17N3O2. The number of aromatic nitrogens is 2. The molecule has 2 aliphatic heterocycles. The Morgan fingerprint density at radius 1 is 1.65 bits per heavy atom. The fourth-order valence-corrected chi connectivity index (χ4v) is 3.05. The van der Waals surface area contributed by atoms with Crippen LogP contribution in [0.2, 0.25) is 0 Å².